The summed E-state index contributed by atoms with van der Waals surface area (Å²) in [5.41, 5.74) is 0.873. The Balaban J connectivity index is 2.36. The first-order valence-electron chi connectivity index (χ1n) is 7.33. The van der Waals surface area contributed by atoms with E-state index in [9.17, 15) is 0 Å². The first-order chi connectivity index (χ1) is 9.60. The van der Waals surface area contributed by atoms with Gasteiger partial charge >= 0.3 is 0 Å². The summed E-state index contributed by atoms with van der Waals surface area (Å²) < 4.78 is 11.4. The van der Waals surface area contributed by atoms with Gasteiger partial charge in [-0.15, -0.1) is 0 Å². The van der Waals surface area contributed by atoms with Gasteiger partial charge in [0, 0.05) is 18.3 Å². The third-order valence-corrected chi connectivity index (χ3v) is 4.31. The number of ether oxygens (including phenoxy) is 2. The minimum Gasteiger partial charge on any atom is -0.480 e. The van der Waals surface area contributed by atoms with Crippen LogP contribution in [-0.2, 0) is 4.74 Å². The molecule has 5 unspecified atom stereocenters. The van der Waals surface area contributed by atoms with E-state index in [1.165, 1.54) is 0 Å². The molecule has 0 amide bonds. The second-order valence-electron chi connectivity index (χ2n) is 5.47. The molecule has 0 saturated carbocycles. The smallest absolute Gasteiger partial charge is 0.237 e. The SMILES string of the molecule is CCNC(c1nccnc1OC)C1C(C)OC(C)C1C. The Labute approximate surface area is 121 Å². The monoisotopic (exact) mass is 279 g/mol. The molecule has 0 aliphatic carbocycles. The van der Waals surface area contributed by atoms with Crippen LogP contribution in [0.15, 0.2) is 12.4 Å². The van der Waals surface area contributed by atoms with Crippen molar-refractivity contribution in [2.45, 2.75) is 45.9 Å². The maximum atomic E-state index is 5.98. The number of nitrogens with zero attached hydrogens (tertiary/aromatic N) is 2. The van der Waals surface area contributed by atoms with Crippen molar-refractivity contribution in [1.82, 2.24) is 15.3 Å². The van der Waals surface area contributed by atoms with Crippen molar-refractivity contribution in [3.8, 4) is 5.88 Å². The van der Waals surface area contributed by atoms with Crippen LogP contribution in [0.5, 0.6) is 5.88 Å². The van der Waals surface area contributed by atoms with Crippen molar-refractivity contribution in [3.05, 3.63) is 18.1 Å². The molecular weight excluding hydrogens is 254 g/mol. The standard InChI is InChI=1S/C15H25N3O2/c1-6-16-13(12-9(2)10(3)20-11(12)4)14-15(19-5)18-8-7-17-14/h7-13,16H,6H2,1-5H3. The van der Waals surface area contributed by atoms with Crippen molar-refractivity contribution in [2.24, 2.45) is 11.8 Å². The van der Waals surface area contributed by atoms with Crippen LogP contribution in [0.25, 0.3) is 0 Å². The summed E-state index contributed by atoms with van der Waals surface area (Å²) in [4.78, 5) is 8.78. The average molecular weight is 279 g/mol. The quantitative estimate of drug-likeness (QED) is 0.895. The fourth-order valence-electron chi connectivity index (χ4n) is 3.21. The highest BCUT2D eigenvalue weighted by atomic mass is 16.5. The zero-order chi connectivity index (χ0) is 14.7. The Morgan fingerprint density at radius 1 is 1.25 bits per heavy atom. The summed E-state index contributed by atoms with van der Waals surface area (Å²) in [6.07, 6.45) is 3.83. The number of aromatic nitrogens is 2. The molecule has 0 aromatic carbocycles. The van der Waals surface area contributed by atoms with Crippen molar-refractivity contribution >= 4 is 0 Å². The minimum absolute atomic E-state index is 0.0959. The summed E-state index contributed by atoms with van der Waals surface area (Å²) in [6.45, 7) is 9.49. The summed E-state index contributed by atoms with van der Waals surface area (Å²) in [5, 5.41) is 3.53. The molecule has 1 aliphatic rings. The Morgan fingerprint density at radius 2 is 1.95 bits per heavy atom. The van der Waals surface area contributed by atoms with Gasteiger partial charge in [-0.05, 0) is 26.3 Å². The molecular formula is C15H25N3O2. The van der Waals surface area contributed by atoms with Crippen LogP contribution in [-0.4, -0.2) is 35.8 Å². The molecule has 1 aliphatic heterocycles. The predicted octanol–water partition coefficient (Wildman–Crippen LogP) is 2.20. The fraction of sp³-hybridized carbons (Fsp3) is 0.733. The summed E-state index contributed by atoms with van der Waals surface area (Å²) in [6, 6.07) is 0.0959. The maximum Gasteiger partial charge on any atom is 0.237 e. The van der Waals surface area contributed by atoms with Crippen LogP contribution in [0.1, 0.15) is 39.4 Å². The predicted molar refractivity (Wildman–Crippen MR) is 77.7 cm³/mol. The Hall–Kier alpha value is -1.20. The highest BCUT2D eigenvalue weighted by Crippen LogP contribution is 2.41. The number of hydrogen-bond donors (Lipinski definition) is 1. The fourth-order valence-corrected chi connectivity index (χ4v) is 3.21. The van der Waals surface area contributed by atoms with E-state index < -0.39 is 0 Å². The van der Waals surface area contributed by atoms with Crippen LogP contribution in [0.4, 0.5) is 0 Å². The van der Waals surface area contributed by atoms with Crippen LogP contribution >= 0.6 is 0 Å². The van der Waals surface area contributed by atoms with E-state index in [1.54, 1.807) is 19.5 Å². The van der Waals surface area contributed by atoms with Crippen LogP contribution < -0.4 is 10.1 Å². The van der Waals surface area contributed by atoms with Gasteiger partial charge in [-0.25, -0.2) is 4.98 Å². The van der Waals surface area contributed by atoms with Crippen molar-refractivity contribution in [3.63, 3.8) is 0 Å². The maximum absolute atomic E-state index is 5.98. The van der Waals surface area contributed by atoms with Crippen molar-refractivity contribution in [1.29, 1.82) is 0 Å². The third-order valence-electron chi connectivity index (χ3n) is 4.31. The molecule has 0 bridgehead atoms. The Kier molecular flexibility index (Phi) is 4.94. The number of rotatable bonds is 5. The van der Waals surface area contributed by atoms with Gasteiger partial charge in [0.25, 0.3) is 0 Å². The molecule has 1 N–H and O–H groups in total. The number of hydrogen-bond acceptors (Lipinski definition) is 5. The zero-order valence-corrected chi connectivity index (χ0v) is 13.0. The molecule has 1 aromatic rings. The van der Waals surface area contributed by atoms with Crippen LogP contribution in [0.3, 0.4) is 0 Å². The minimum atomic E-state index is 0.0959. The molecule has 2 heterocycles. The van der Waals surface area contributed by atoms with E-state index in [4.69, 9.17) is 9.47 Å². The molecule has 1 aromatic heterocycles. The van der Waals surface area contributed by atoms with Gasteiger partial charge in [-0.3, -0.25) is 4.98 Å². The van der Waals surface area contributed by atoms with Gasteiger partial charge in [-0.1, -0.05) is 13.8 Å². The molecule has 1 saturated heterocycles. The first kappa shape index (κ1) is 15.2. The van der Waals surface area contributed by atoms with E-state index >= 15 is 0 Å². The lowest BCUT2D eigenvalue weighted by molar-refractivity contribution is 0.0472. The second kappa shape index (κ2) is 6.50. The van der Waals surface area contributed by atoms with Gasteiger partial charge in [0.05, 0.1) is 25.4 Å². The third kappa shape index (κ3) is 2.79. The Bertz CT molecular complexity index is 441. The summed E-state index contributed by atoms with van der Waals surface area (Å²) in [5.74, 6) is 1.41. The molecule has 20 heavy (non-hydrogen) atoms. The van der Waals surface area contributed by atoms with E-state index in [-0.39, 0.29) is 18.2 Å². The van der Waals surface area contributed by atoms with Crippen LogP contribution in [0.2, 0.25) is 0 Å². The van der Waals surface area contributed by atoms with E-state index in [2.05, 4.69) is 43.0 Å². The topological polar surface area (TPSA) is 56.3 Å². The van der Waals surface area contributed by atoms with Gasteiger partial charge in [0.15, 0.2) is 0 Å². The van der Waals surface area contributed by atoms with Crippen molar-refractivity contribution in [2.75, 3.05) is 13.7 Å². The van der Waals surface area contributed by atoms with Crippen molar-refractivity contribution < 1.29 is 9.47 Å². The lowest BCUT2D eigenvalue weighted by atomic mass is 9.82. The first-order valence-corrected chi connectivity index (χ1v) is 7.33. The van der Waals surface area contributed by atoms with E-state index in [1.807, 2.05) is 0 Å². The summed E-state index contributed by atoms with van der Waals surface area (Å²) in [7, 11) is 1.64. The molecule has 0 radical (unpaired) electrons. The van der Waals surface area contributed by atoms with Crippen LogP contribution in [0, 0.1) is 11.8 Å². The molecule has 0 spiro atoms. The molecule has 2 rings (SSSR count). The number of methoxy groups -OCH3 is 1. The lowest BCUT2D eigenvalue weighted by Gasteiger charge is -2.29. The van der Waals surface area contributed by atoms with Gasteiger partial charge in [-0.2, -0.15) is 0 Å². The zero-order valence-electron chi connectivity index (χ0n) is 13.0. The molecule has 112 valence electrons. The normalized spacial score (nSPS) is 31.2. The number of nitrogens with one attached hydrogen (secondary N) is 1. The summed E-state index contributed by atoms with van der Waals surface area (Å²) >= 11 is 0. The molecule has 5 nitrogen and oxygen atoms in total. The molecule has 5 heteroatoms. The Morgan fingerprint density at radius 3 is 2.50 bits per heavy atom. The second-order valence-corrected chi connectivity index (χ2v) is 5.47. The largest absolute Gasteiger partial charge is 0.480 e. The average Bonchev–Trinajstić information content (AvgIpc) is 2.70. The molecule has 5 atom stereocenters. The lowest BCUT2D eigenvalue weighted by Crippen LogP contribution is -2.35. The van der Waals surface area contributed by atoms with E-state index in [0.29, 0.717) is 17.7 Å². The highest BCUT2D eigenvalue weighted by molar-refractivity contribution is 5.23. The van der Waals surface area contributed by atoms with Gasteiger partial charge < -0.3 is 14.8 Å². The van der Waals surface area contributed by atoms with E-state index in [0.717, 1.165) is 12.2 Å². The molecule has 1 fully saturated rings. The van der Waals surface area contributed by atoms with Gasteiger partial charge in [0.2, 0.25) is 5.88 Å². The highest BCUT2D eigenvalue weighted by Gasteiger charge is 2.43. The van der Waals surface area contributed by atoms with Gasteiger partial charge in [0.1, 0.15) is 5.69 Å².